The molecular formula is C10H12FN5. The van der Waals surface area contributed by atoms with E-state index in [1.165, 1.54) is 0 Å². The number of halogens is 1. The van der Waals surface area contributed by atoms with Crippen molar-refractivity contribution in [1.82, 2.24) is 19.7 Å². The average Bonchev–Trinajstić information content (AvgIpc) is 2.78. The van der Waals surface area contributed by atoms with Gasteiger partial charge in [-0.3, -0.25) is 4.68 Å². The van der Waals surface area contributed by atoms with E-state index >= 15 is 0 Å². The summed E-state index contributed by atoms with van der Waals surface area (Å²) in [6, 6.07) is 0. The van der Waals surface area contributed by atoms with E-state index in [2.05, 4.69) is 20.4 Å². The quantitative estimate of drug-likeness (QED) is 0.854. The fourth-order valence-electron chi connectivity index (χ4n) is 1.35. The van der Waals surface area contributed by atoms with Crippen LogP contribution in [-0.2, 0) is 6.54 Å². The Bertz CT molecular complexity index is 494. The molecule has 0 aliphatic heterocycles. The van der Waals surface area contributed by atoms with Crippen molar-refractivity contribution in [3.8, 4) is 11.3 Å². The molecule has 1 N–H and O–H groups in total. The summed E-state index contributed by atoms with van der Waals surface area (Å²) in [6.07, 6.45) is 4.50. The van der Waals surface area contributed by atoms with Crippen LogP contribution in [0.15, 0.2) is 18.6 Å². The lowest BCUT2D eigenvalue weighted by atomic mass is 10.2. The van der Waals surface area contributed by atoms with Gasteiger partial charge in [0, 0.05) is 25.4 Å². The van der Waals surface area contributed by atoms with Gasteiger partial charge in [-0.05, 0) is 6.92 Å². The average molecular weight is 221 g/mol. The predicted octanol–water partition coefficient (Wildman–Crippen LogP) is 1.54. The molecule has 2 aromatic heterocycles. The molecule has 2 aromatic rings. The Hall–Kier alpha value is -1.98. The number of rotatable bonds is 3. The molecule has 2 rings (SSSR count). The third-order valence-electron chi connectivity index (χ3n) is 2.20. The van der Waals surface area contributed by atoms with Crippen molar-refractivity contribution in [2.75, 3.05) is 12.4 Å². The summed E-state index contributed by atoms with van der Waals surface area (Å²) in [6.45, 7) is 2.71. The van der Waals surface area contributed by atoms with Gasteiger partial charge in [-0.25, -0.2) is 14.4 Å². The number of anilines is 1. The van der Waals surface area contributed by atoms with Gasteiger partial charge in [0.1, 0.15) is 5.69 Å². The number of hydrogen-bond acceptors (Lipinski definition) is 4. The first-order valence-corrected chi connectivity index (χ1v) is 4.97. The van der Waals surface area contributed by atoms with Crippen molar-refractivity contribution < 1.29 is 4.39 Å². The standard InChI is InChI=1S/C10H12FN5/c1-3-16-6-7(4-14-16)9-8(11)5-13-10(12-2)15-9/h4-6H,3H2,1-2H3,(H,12,13,15). The van der Waals surface area contributed by atoms with Crippen LogP contribution in [0.5, 0.6) is 0 Å². The Morgan fingerprint density at radius 1 is 1.44 bits per heavy atom. The summed E-state index contributed by atoms with van der Waals surface area (Å²) in [5, 5.41) is 6.85. The molecule has 0 aliphatic rings. The monoisotopic (exact) mass is 221 g/mol. The Morgan fingerprint density at radius 3 is 2.88 bits per heavy atom. The summed E-state index contributed by atoms with van der Waals surface area (Å²) >= 11 is 0. The van der Waals surface area contributed by atoms with Crippen molar-refractivity contribution in [3.05, 3.63) is 24.4 Å². The van der Waals surface area contributed by atoms with E-state index in [1.54, 1.807) is 24.1 Å². The summed E-state index contributed by atoms with van der Waals surface area (Å²) in [5.41, 5.74) is 0.914. The molecule has 0 aliphatic carbocycles. The van der Waals surface area contributed by atoms with Crippen molar-refractivity contribution in [3.63, 3.8) is 0 Å². The van der Waals surface area contributed by atoms with E-state index in [0.717, 1.165) is 12.7 Å². The minimum Gasteiger partial charge on any atom is -0.357 e. The molecule has 6 heteroatoms. The fraction of sp³-hybridized carbons (Fsp3) is 0.300. The summed E-state index contributed by atoms with van der Waals surface area (Å²) in [5.74, 6) is -0.0599. The number of aryl methyl sites for hydroxylation is 1. The lowest BCUT2D eigenvalue weighted by Gasteiger charge is -2.01. The van der Waals surface area contributed by atoms with Gasteiger partial charge in [-0.1, -0.05) is 0 Å². The van der Waals surface area contributed by atoms with E-state index in [-0.39, 0.29) is 5.69 Å². The van der Waals surface area contributed by atoms with E-state index in [4.69, 9.17) is 0 Å². The van der Waals surface area contributed by atoms with Crippen LogP contribution in [0.4, 0.5) is 10.3 Å². The molecule has 5 nitrogen and oxygen atoms in total. The Balaban J connectivity index is 2.45. The topological polar surface area (TPSA) is 55.6 Å². The number of nitrogens with zero attached hydrogens (tertiary/aromatic N) is 4. The Labute approximate surface area is 92.3 Å². The van der Waals surface area contributed by atoms with Gasteiger partial charge in [0.05, 0.1) is 12.4 Å². The molecule has 0 saturated heterocycles. The molecule has 2 heterocycles. The molecule has 0 aromatic carbocycles. The van der Waals surface area contributed by atoms with Gasteiger partial charge in [-0.2, -0.15) is 5.10 Å². The minimum atomic E-state index is -0.449. The first kappa shape index (κ1) is 10.5. The van der Waals surface area contributed by atoms with Crippen molar-refractivity contribution >= 4 is 5.95 Å². The molecular weight excluding hydrogens is 209 g/mol. The van der Waals surface area contributed by atoms with Crippen molar-refractivity contribution in [1.29, 1.82) is 0 Å². The van der Waals surface area contributed by atoms with Crippen LogP contribution >= 0.6 is 0 Å². The van der Waals surface area contributed by atoms with Crippen LogP contribution in [0, 0.1) is 5.82 Å². The lowest BCUT2D eigenvalue weighted by molar-refractivity contribution is 0.618. The van der Waals surface area contributed by atoms with Gasteiger partial charge >= 0.3 is 0 Å². The van der Waals surface area contributed by atoms with E-state index in [9.17, 15) is 4.39 Å². The number of hydrogen-bond donors (Lipinski definition) is 1. The molecule has 0 unspecified atom stereocenters. The molecule has 16 heavy (non-hydrogen) atoms. The molecule has 0 radical (unpaired) electrons. The largest absolute Gasteiger partial charge is 0.357 e. The smallest absolute Gasteiger partial charge is 0.223 e. The third kappa shape index (κ3) is 1.86. The molecule has 0 amide bonds. The maximum absolute atomic E-state index is 13.5. The van der Waals surface area contributed by atoms with Crippen LogP contribution in [0.25, 0.3) is 11.3 Å². The SMILES string of the molecule is CCn1cc(-c2nc(NC)ncc2F)cn1. The molecule has 0 fully saturated rings. The molecule has 0 spiro atoms. The highest BCUT2D eigenvalue weighted by molar-refractivity contribution is 5.58. The van der Waals surface area contributed by atoms with Crippen LogP contribution < -0.4 is 5.32 Å². The van der Waals surface area contributed by atoms with E-state index < -0.39 is 5.82 Å². The molecule has 0 atom stereocenters. The maximum atomic E-state index is 13.5. The van der Waals surface area contributed by atoms with E-state index in [0.29, 0.717) is 11.5 Å². The predicted molar refractivity (Wildman–Crippen MR) is 58.4 cm³/mol. The summed E-state index contributed by atoms with van der Waals surface area (Å²) < 4.78 is 15.2. The summed E-state index contributed by atoms with van der Waals surface area (Å²) in [7, 11) is 1.69. The zero-order chi connectivity index (χ0) is 11.5. The molecule has 84 valence electrons. The Morgan fingerprint density at radius 2 is 2.25 bits per heavy atom. The van der Waals surface area contributed by atoms with Crippen LogP contribution in [0.3, 0.4) is 0 Å². The van der Waals surface area contributed by atoms with Crippen LogP contribution in [0.2, 0.25) is 0 Å². The fourth-order valence-corrected chi connectivity index (χ4v) is 1.35. The highest BCUT2D eigenvalue weighted by atomic mass is 19.1. The third-order valence-corrected chi connectivity index (χ3v) is 2.20. The van der Waals surface area contributed by atoms with Gasteiger partial charge in [-0.15, -0.1) is 0 Å². The number of nitrogens with one attached hydrogen (secondary N) is 1. The molecule has 0 bridgehead atoms. The minimum absolute atomic E-state index is 0.263. The second-order valence-corrected chi connectivity index (χ2v) is 3.22. The van der Waals surface area contributed by atoms with Crippen LogP contribution in [0.1, 0.15) is 6.92 Å². The van der Waals surface area contributed by atoms with Gasteiger partial charge < -0.3 is 5.32 Å². The first-order valence-electron chi connectivity index (χ1n) is 4.97. The second kappa shape index (κ2) is 4.26. The highest BCUT2D eigenvalue weighted by Crippen LogP contribution is 2.20. The first-order chi connectivity index (χ1) is 7.74. The lowest BCUT2D eigenvalue weighted by Crippen LogP contribution is -1.99. The second-order valence-electron chi connectivity index (χ2n) is 3.22. The Kier molecular flexibility index (Phi) is 2.80. The summed E-state index contributed by atoms with van der Waals surface area (Å²) in [4.78, 5) is 7.84. The number of aromatic nitrogens is 4. The zero-order valence-electron chi connectivity index (χ0n) is 9.11. The highest BCUT2D eigenvalue weighted by Gasteiger charge is 2.10. The normalized spacial score (nSPS) is 10.4. The molecule has 0 saturated carbocycles. The van der Waals surface area contributed by atoms with Gasteiger partial charge in [0.25, 0.3) is 0 Å². The zero-order valence-corrected chi connectivity index (χ0v) is 9.11. The van der Waals surface area contributed by atoms with E-state index in [1.807, 2.05) is 6.92 Å². The van der Waals surface area contributed by atoms with Gasteiger partial charge in [0.15, 0.2) is 5.82 Å². The van der Waals surface area contributed by atoms with Crippen molar-refractivity contribution in [2.24, 2.45) is 0 Å². The maximum Gasteiger partial charge on any atom is 0.223 e. The van der Waals surface area contributed by atoms with Gasteiger partial charge in [0.2, 0.25) is 5.95 Å². The van der Waals surface area contributed by atoms with Crippen LogP contribution in [-0.4, -0.2) is 26.8 Å². The van der Waals surface area contributed by atoms with Crippen molar-refractivity contribution in [2.45, 2.75) is 13.5 Å².